The fourth-order valence-corrected chi connectivity index (χ4v) is 7.44. The molecule has 276 valence electrons. The lowest BCUT2D eigenvalue weighted by molar-refractivity contribution is -0.138. The maximum Gasteiger partial charge on any atom is 0.416 e. The van der Waals surface area contributed by atoms with E-state index in [0.717, 1.165) is 42.0 Å². The molecular formula is C42H25F9N4. The predicted molar refractivity (Wildman–Crippen MR) is 192 cm³/mol. The van der Waals surface area contributed by atoms with E-state index in [-0.39, 0.29) is 44.3 Å². The standard InChI is InChI=1S/C42H25F9N4/c1-21-4-8-29-30-9-5-26(40(43,44)45)17-37(30)54(34(29)12-21)35-15-25(24-13-22(2)53-23(3)14-24)16-36(33(35)20-52)55-38-18-27(41(46,47)48)6-10-31(38)32-11-7-28(19-39(32)55)42(49,50)51/h4-19H,1-3H3. The molecule has 0 radical (unpaired) electrons. The van der Waals surface area contributed by atoms with Gasteiger partial charge in [0.15, 0.2) is 0 Å². The van der Waals surface area contributed by atoms with Crippen LogP contribution in [0.1, 0.15) is 39.2 Å². The molecule has 0 fully saturated rings. The van der Waals surface area contributed by atoms with Crippen molar-refractivity contribution in [2.75, 3.05) is 0 Å². The molecule has 3 aromatic heterocycles. The molecule has 0 aliphatic heterocycles. The van der Waals surface area contributed by atoms with Gasteiger partial charge in [0.1, 0.15) is 11.6 Å². The van der Waals surface area contributed by atoms with Gasteiger partial charge in [-0.25, -0.2) is 0 Å². The number of pyridine rings is 1. The van der Waals surface area contributed by atoms with Gasteiger partial charge in [-0.3, -0.25) is 4.98 Å². The van der Waals surface area contributed by atoms with Crippen LogP contribution in [0.15, 0.2) is 97.1 Å². The molecule has 8 rings (SSSR count). The van der Waals surface area contributed by atoms with E-state index in [9.17, 15) is 44.8 Å². The van der Waals surface area contributed by atoms with Crippen LogP contribution in [0, 0.1) is 32.1 Å². The van der Waals surface area contributed by atoms with E-state index in [1.165, 1.54) is 33.4 Å². The maximum absolute atomic E-state index is 14.2. The first-order valence-electron chi connectivity index (χ1n) is 16.7. The van der Waals surface area contributed by atoms with E-state index in [1.807, 2.05) is 0 Å². The van der Waals surface area contributed by atoms with E-state index in [1.54, 1.807) is 57.2 Å². The van der Waals surface area contributed by atoms with Crippen molar-refractivity contribution in [3.05, 3.63) is 136 Å². The van der Waals surface area contributed by atoms with Crippen LogP contribution in [0.5, 0.6) is 0 Å². The third-order valence-electron chi connectivity index (χ3n) is 9.78. The van der Waals surface area contributed by atoms with Crippen LogP contribution in [0.3, 0.4) is 0 Å². The molecule has 5 aromatic carbocycles. The number of aryl methyl sites for hydroxylation is 3. The second-order valence-corrected chi connectivity index (χ2v) is 13.5. The SMILES string of the molecule is Cc1ccc2c3ccc(C(F)(F)F)cc3n(-c3cc(-c4cc(C)nc(C)c4)cc(-n4c5cc(C(F)(F)F)ccc5c5ccc(C(F)(F)F)cc54)c3C#N)c2c1. The van der Waals surface area contributed by atoms with Gasteiger partial charge in [0.2, 0.25) is 0 Å². The number of nitriles is 1. The molecule has 4 nitrogen and oxygen atoms in total. The molecular weight excluding hydrogens is 731 g/mol. The van der Waals surface area contributed by atoms with Gasteiger partial charge in [-0.05, 0) is 104 Å². The molecule has 0 aliphatic rings. The van der Waals surface area contributed by atoms with Crippen LogP contribution in [0.2, 0.25) is 0 Å². The normalized spacial score (nSPS) is 12.7. The number of halogens is 9. The van der Waals surface area contributed by atoms with E-state index < -0.39 is 35.2 Å². The Kier molecular flexibility index (Phi) is 7.87. The van der Waals surface area contributed by atoms with Crippen molar-refractivity contribution in [1.29, 1.82) is 5.26 Å². The van der Waals surface area contributed by atoms with Crippen LogP contribution in [0.25, 0.3) is 66.1 Å². The molecule has 0 unspecified atom stereocenters. The highest BCUT2D eigenvalue weighted by molar-refractivity contribution is 6.11. The average molecular weight is 757 g/mol. The molecule has 8 aromatic rings. The number of nitrogens with zero attached hydrogens (tertiary/aromatic N) is 4. The largest absolute Gasteiger partial charge is 0.416 e. The number of aromatic nitrogens is 3. The molecule has 0 aliphatic carbocycles. The van der Waals surface area contributed by atoms with Crippen LogP contribution in [-0.4, -0.2) is 14.1 Å². The van der Waals surface area contributed by atoms with Gasteiger partial charge in [-0.1, -0.05) is 30.3 Å². The van der Waals surface area contributed by atoms with Crippen molar-refractivity contribution in [2.45, 2.75) is 39.3 Å². The minimum atomic E-state index is -4.83. The summed E-state index contributed by atoms with van der Waals surface area (Å²) in [5.74, 6) is 0. The van der Waals surface area contributed by atoms with Gasteiger partial charge >= 0.3 is 18.5 Å². The summed E-state index contributed by atoms with van der Waals surface area (Å²) in [6.07, 6.45) is -14.4. The average Bonchev–Trinajstić information content (AvgIpc) is 3.60. The summed E-state index contributed by atoms with van der Waals surface area (Å²) >= 11 is 0. The second-order valence-electron chi connectivity index (χ2n) is 13.5. The van der Waals surface area contributed by atoms with Gasteiger partial charge in [-0.15, -0.1) is 0 Å². The first kappa shape index (κ1) is 35.7. The minimum Gasteiger partial charge on any atom is -0.308 e. The summed E-state index contributed by atoms with van der Waals surface area (Å²) in [6, 6.07) is 22.8. The molecule has 0 saturated carbocycles. The molecule has 55 heavy (non-hydrogen) atoms. The van der Waals surface area contributed by atoms with Gasteiger partial charge < -0.3 is 9.13 Å². The molecule has 0 saturated heterocycles. The molecule has 0 amide bonds. The Morgan fingerprint density at radius 2 is 0.818 bits per heavy atom. The van der Waals surface area contributed by atoms with Gasteiger partial charge in [0, 0.05) is 32.9 Å². The monoisotopic (exact) mass is 756 g/mol. The van der Waals surface area contributed by atoms with Crippen molar-refractivity contribution >= 4 is 43.6 Å². The summed E-state index contributed by atoms with van der Waals surface area (Å²) in [6.45, 7) is 5.26. The number of alkyl halides is 9. The first-order chi connectivity index (χ1) is 25.8. The number of hydrogen-bond donors (Lipinski definition) is 0. The van der Waals surface area contributed by atoms with Crippen molar-refractivity contribution < 1.29 is 39.5 Å². The Morgan fingerprint density at radius 1 is 0.473 bits per heavy atom. The van der Waals surface area contributed by atoms with Crippen LogP contribution < -0.4 is 0 Å². The molecule has 13 heteroatoms. The zero-order chi connectivity index (χ0) is 39.4. The van der Waals surface area contributed by atoms with E-state index >= 15 is 0 Å². The van der Waals surface area contributed by atoms with E-state index in [0.29, 0.717) is 38.8 Å². The Morgan fingerprint density at radius 3 is 1.18 bits per heavy atom. The van der Waals surface area contributed by atoms with Crippen molar-refractivity contribution in [2.24, 2.45) is 0 Å². The lowest BCUT2D eigenvalue weighted by atomic mass is 9.99. The Labute approximate surface area is 306 Å². The Hall–Kier alpha value is -6.29. The third kappa shape index (κ3) is 5.92. The second kappa shape index (κ2) is 12.1. The van der Waals surface area contributed by atoms with E-state index in [2.05, 4.69) is 11.1 Å². The molecule has 0 spiro atoms. The molecule has 0 atom stereocenters. The fraction of sp³-hybridized carbons (Fsp3) is 0.143. The van der Waals surface area contributed by atoms with Crippen molar-refractivity contribution in [1.82, 2.24) is 14.1 Å². The number of rotatable bonds is 3. The zero-order valence-corrected chi connectivity index (χ0v) is 28.9. The van der Waals surface area contributed by atoms with Crippen LogP contribution in [0.4, 0.5) is 39.5 Å². The Bertz CT molecular complexity index is 2840. The predicted octanol–water partition coefficient (Wildman–Crippen LogP) is 12.8. The molecule has 0 N–H and O–H groups in total. The molecule has 3 heterocycles. The topological polar surface area (TPSA) is 46.5 Å². The fourth-order valence-electron chi connectivity index (χ4n) is 7.44. The quantitative estimate of drug-likeness (QED) is 0.169. The summed E-state index contributed by atoms with van der Waals surface area (Å²) < 4.78 is 131. The van der Waals surface area contributed by atoms with Crippen LogP contribution in [-0.2, 0) is 18.5 Å². The lowest BCUT2D eigenvalue weighted by Gasteiger charge is -2.19. The van der Waals surface area contributed by atoms with E-state index in [4.69, 9.17) is 0 Å². The Balaban J connectivity index is 1.60. The summed E-state index contributed by atoms with van der Waals surface area (Å²) in [4.78, 5) is 4.43. The smallest absolute Gasteiger partial charge is 0.308 e. The van der Waals surface area contributed by atoms with Gasteiger partial charge in [0.25, 0.3) is 0 Å². The van der Waals surface area contributed by atoms with Crippen molar-refractivity contribution in [3.8, 4) is 28.6 Å². The zero-order valence-electron chi connectivity index (χ0n) is 28.9. The number of hydrogen-bond acceptors (Lipinski definition) is 2. The maximum atomic E-state index is 14.2. The lowest BCUT2D eigenvalue weighted by Crippen LogP contribution is -2.08. The van der Waals surface area contributed by atoms with Gasteiger partial charge in [-0.2, -0.15) is 44.8 Å². The number of benzene rings is 5. The number of fused-ring (bicyclic) bond motifs is 6. The third-order valence-corrected chi connectivity index (χ3v) is 9.78. The minimum absolute atomic E-state index is 0.0565. The highest BCUT2D eigenvalue weighted by atomic mass is 19.4. The summed E-state index contributed by atoms with van der Waals surface area (Å²) in [5.41, 5.74) is -0.282. The summed E-state index contributed by atoms with van der Waals surface area (Å²) in [7, 11) is 0. The van der Waals surface area contributed by atoms with Gasteiger partial charge in [0.05, 0.1) is 50.1 Å². The van der Waals surface area contributed by atoms with Crippen LogP contribution >= 0.6 is 0 Å². The highest BCUT2D eigenvalue weighted by Gasteiger charge is 2.35. The first-order valence-corrected chi connectivity index (χ1v) is 16.7. The summed E-state index contributed by atoms with van der Waals surface area (Å²) in [5, 5.41) is 12.4. The molecule has 0 bridgehead atoms. The van der Waals surface area contributed by atoms with Crippen molar-refractivity contribution in [3.63, 3.8) is 0 Å². The highest BCUT2D eigenvalue weighted by Crippen LogP contribution is 2.44.